The summed E-state index contributed by atoms with van der Waals surface area (Å²) in [5.41, 5.74) is 2.43. The van der Waals surface area contributed by atoms with Crippen molar-refractivity contribution < 1.29 is 14.1 Å². The maximum Gasteiger partial charge on any atom is 0.255 e. The zero-order chi connectivity index (χ0) is 21.4. The van der Waals surface area contributed by atoms with Gasteiger partial charge in [0.2, 0.25) is 11.8 Å². The third-order valence-electron chi connectivity index (χ3n) is 6.25. The molecule has 2 aliphatic rings. The fourth-order valence-electron chi connectivity index (χ4n) is 4.29. The molecule has 2 N–H and O–H groups in total. The molecule has 0 atom stereocenters. The van der Waals surface area contributed by atoms with Gasteiger partial charge in [0, 0.05) is 24.1 Å². The number of hydrogen-bond acceptors (Lipinski definition) is 6. The predicted molar refractivity (Wildman–Crippen MR) is 111 cm³/mol. The summed E-state index contributed by atoms with van der Waals surface area (Å²) in [6.45, 7) is 2.26. The summed E-state index contributed by atoms with van der Waals surface area (Å²) in [6.07, 6.45) is 8.68. The quantitative estimate of drug-likeness (QED) is 0.631. The van der Waals surface area contributed by atoms with Crippen LogP contribution in [0.15, 0.2) is 29.0 Å². The SMILES string of the molecule is Cc1cccn2ncc(C(=O)NC3CCC(C(=O)NCc4noc(C5CC5)n4)CC3)c12. The highest BCUT2D eigenvalue weighted by molar-refractivity contribution is 6.01. The van der Waals surface area contributed by atoms with Crippen molar-refractivity contribution in [3.05, 3.63) is 47.4 Å². The number of aryl methyl sites for hydroxylation is 1. The van der Waals surface area contributed by atoms with Crippen molar-refractivity contribution in [1.82, 2.24) is 30.4 Å². The van der Waals surface area contributed by atoms with Gasteiger partial charge in [-0.1, -0.05) is 11.2 Å². The molecule has 2 saturated carbocycles. The number of aromatic nitrogens is 4. The molecule has 3 aromatic heterocycles. The topological polar surface area (TPSA) is 114 Å². The lowest BCUT2D eigenvalue weighted by Crippen LogP contribution is -2.40. The molecule has 3 heterocycles. The second-order valence-corrected chi connectivity index (χ2v) is 8.61. The van der Waals surface area contributed by atoms with Gasteiger partial charge in [-0.15, -0.1) is 0 Å². The summed E-state index contributed by atoms with van der Waals surface area (Å²) in [7, 11) is 0. The van der Waals surface area contributed by atoms with Crippen molar-refractivity contribution >= 4 is 17.3 Å². The zero-order valence-corrected chi connectivity index (χ0v) is 17.5. The average Bonchev–Trinajstić information content (AvgIpc) is 3.34. The van der Waals surface area contributed by atoms with Crippen LogP contribution < -0.4 is 10.6 Å². The Kier molecular flexibility index (Phi) is 5.17. The molecule has 0 radical (unpaired) electrons. The van der Waals surface area contributed by atoms with Gasteiger partial charge in [0.25, 0.3) is 5.91 Å². The molecule has 0 unspecified atom stereocenters. The van der Waals surface area contributed by atoms with Gasteiger partial charge >= 0.3 is 0 Å². The van der Waals surface area contributed by atoms with E-state index in [-0.39, 0.29) is 23.8 Å². The number of nitrogens with zero attached hydrogens (tertiary/aromatic N) is 4. The second kappa shape index (κ2) is 8.13. The third kappa shape index (κ3) is 4.17. The van der Waals surface area contributed by atoms with Crippen LogP contribution in [0.4, 0.5) is 0 Å². The van der Waals surface area contributed by atoms with Crippen LogP contribution in [0, 0.1) is 12.8 Å². The van der Waals surface area contributed by atoms with Crippen molar-refractivity contribution in [2.45, 2.75) is 64.0 Å². The number of pyridine rings is 1. The van der Waals surface area contributed by atoms with Crippen molar-refractivity contribution in [2.24, 2.45) is 5.92 Å². The molecule has 0 spiro atoms. The molecule has 0 aromatic carbocycles. The highest BCUT2D eigenvalue weighted by Gasteiger charge is 2.30. The minimum atomic E-state index is -0.110. The average molecular weight is 422 g/mol. The van der Waals surface area contributed by atoms with Gasteiger partial charge in [-0.25, -0.2) is 4.52 Å². The summed E-state index contributed by atoms with van der Waals surface area (Å²) in [4.78, 5) is 29.7. The number of fused-ring (bicyclic) bond motifs is 1. The molecular formula is C22H26N6O3. The van der Waals surface area contributed by atoms with E-state index in [0.717, 1.165) is 49.6 Å². The minimum absolute atomic E-state index is 0.0146. The molecule has 162 valence electrons. The molecule has 0 bridgehead atoms. The first kappa shape index (κ1) is 19.7. The van der Waals surface area contributed by atoms with Gasteiger partial charge in [0.15, 0.2) is 5.82 Å². The molecule has 0 aliphatic heterocycles. The van der Waals surface area contributed by atoms with E-state index in [1.165, 1.54) is 0 Å². The summed E-state index contributed by atoms with van der Waals surface area (Å²) in [5.74, 6) is 1.47. The lowest BCUT2D eigenvalue weighted by atomic mass is 9.85. The largest absolute Gasteiger partial charge is 0.349 e. The Labute approximate surface area is 179 Å². The number of rotatable bonds is 6. The first-order valence-corrected chi connectivity index (χ1v) is 10.9. The standard InChI is InChI=1S/C22H26N6O3/c1-13-3-2-10-28-19(13)17(11-24-28)21(30)25-16-8-6-14(7-9-16)20(29)23-12-18-26-22(31-27-18)15-4-5-15/h2-3,10-11,14-16H,4-9,12H2,1H3,(H,23,29)(H,25,30). The van der Waals surface area contributed by atoms with Gasteiger partial charge in [-0.05, 0) is 57.1 Å². The van der Waals surface area contributed by atoms with E-state index in [1.54, 1.807) is 10.7 Å². The lowest BCUT2D eigenvalue weighted by molar-refractivity contribution is -0.126. The maximum absolute atomic E-state index is 12.8. The summed E-state index contributed by atoms with van der Waals surface area (Å²) >= 11 is 0. The number of amides is 2. The van der Waals surface area contributed by atoms with Crippen LogP contribution in [-0.2, 0) is 11.3 Å². The number of carbonyl (C=O) groups is 2. The zero-order valence-electron chi connectivity index (χ0n) is 17.5. The van der Waals surface area contributed by atoms with Crippen LogP contribution in [0.25, 0.3) is 5.52 Å². The van der Waals surface area contributed by atoms with E-state index >= 15 is 0 Å². The van der Waals surface area contributed by atoms with Gasteiger partial charge in [0.1, 0.15) is 0 Å². The molecule has 2 aliphatic carbocycles. The van der Waals surface area contributed by atoms with Gasteiger partial charge in [0.05, 0.1) is 23.8 Å². The Morgan fingerprint density at radius 1 is 1.19 bits per heavy atom. The van der Waals surface area contributed by atoms with E-state index in [9.17, 15) is 9.59 Å². The molecule has 5 rings (SSSR count). The van der Waals surface area contributed by atoms with E-state index in [4.69, 9.17) is 4.52 Å². The Balaban J connectivity index is 1.11. The van der Waals surface area contributed by atoms with Crippen molar-refractivity contribution in [1.29, 1.82) is 0 Å². The van der Waals surface area contributed by atoms with Crippen molar-refractivity contribution in [3.8, 4) is 0 Å². The molecule has 3 aromatic rings. The summed E-state index contributed by atoms with van der Waals surface area (Å²) < 4.78 is 6.95. The minimum Gasteiger partial charge on any atom is -0.349 e. The van der Waals surface area contributed by atoms with E-state index in [2.05, 4.69) is 25.9 Å². The Hall–Kier alpha value is -3.23. The normalized spacial score (nSPS) is 21.2. The Morgan fingerprint density at radius 3 is 2.77 bits per heavy atom. The van der Waals surface area contributed by atoms with Crippen LogP contribution in [-0.4, -0.2) is 37.6 Å². The van der Waals surface area contributed by atoms with Crippen LogP contribution in [0.3, 0.4) is 0 Å². The Bertz CT molecular complexity index is 1110. The predicted octanol–water partition coefficient (Wildman–Crippen LogP) is 2.51. The number of hydrogen-bond donors (Lipinski definition) is 2. The fourth-order valence-corrected chi connectivity index (χ4v) is 4.29. The molecule has 2 fully saturated rings. The summed E-state index contributed by atoms with van der Waals surface area (Å²) in [6, 6.07) is 3.95. The first-order valence-electron chi connectivity index (χ1n) is 10.9. The molecule has 9 nitrogen and oxygen atoms in total. The highest BCUT2D eigenvalue weighted by Crippen LogP contribution is 2.38. The van der Waals surface area contributed by atoms with Crippen LogP contribution in [0.5, 0.6) is 0 Å². The Morgan fingerprint density at radius 2 is 2.00 bits per heavy atom. The lowest BCUT2D eigenvalue weighted by Gasteiger charge is -2.28. The van der Waals surface area contributed by atoms with E-state index in [0.29, 0.717) is 29.7 Å². The summed E-state index contributed by atoms with van der Waals surface area (Å²) in [5, 5.41) is 14.3. The molecule has 31 heavy (non-hydrogen) atoms. The fraction of sp³-hybridized carbons (Fsp3) is 0.500. The molecular weight excluding hydrogens is 396 g/mol. The van der Waals surface area contributed by atoms with Gasteiger partial charge in [-0.2, -0.15) is 10.1 Å². The second-order valence-electron chi connectivity index (χ2n) is 8.61. The smallest absolute Gasteiger partial charge is 0.255 e. The van der Waals surface area contributed by atoms with Crippen molar-refractivity contribution in [3.63, 3.8) is 0 Å². The highest BCUT2D eigenvalue weighted by atomic mass is 16.5. The van der Waals surface area contributed by atoms with Crippen molar-refractivity contribution in [2.75, 3.05) is 0 Å². The first-order chi connectivity index (χ1) is 15.1. The molecule has 0 saturated heterocycles. The third-order valence-corrected chi connectivity index (χ3v) is 6.25. The molecule has 2 amide bonds. The van der Waals surface area contributed by atoms with Crippen LogP contribution >= 0.6 is 0 Å². The van der Waals surface area contributed by atoms with Crippen LogP contribution in [0.1, 0.15) is 72.1 Å². The number of carbonyl (C=O) groups excluding carboxylic acids is 2. The van der Waals surface area contributed by atoms with Gasteiger partial charge in [-0.3, -0.25) is 9.59 Å². The molecule has 9 heteroatoms. The van der Waals surface area contributed by atoms with Gasteiger partial charge < -0.3 is 15.2 Å². The van der Waals surface area contributed by atoms with Crippen LogP contribution in [0.2, 0.25) is 0 Å². The van der Waals surface area contributed by atoms with E-state index in [1.807, 2.05) is 25.3 Å². The number of nitrogens with one attached hydrogen (secondary N) is 2. The van der Waals surface area contributed by atoms with E-state index < -0.39 is 0 Å². The maximum atomic E-state index is 12.8. The monoisotopic (exact) mass is 422 g/mol.